The monoisotopic (exact) mass is 524 g/mol. The van der Waals surface area contributed by atoms with Crippen LogP contribution in [0.1, 0.15) is 19.8 Å². The van der Waals surface area contributed by atoms with Crippen molar-refractivity contribution >= 4 is 50.1 Å². The van der Waals surface area contributed by atoms with E-state index in [9.17, 15) is 22.8 Å². The van der Waals surface area contributed by atoms with Gasteiger partial charge in [0.05, 0.1) is 18.0 Å². The summed E-state index contributed by atoms with van der Waals surface area (Å²) in [5.74, 6) is -1.79. The number of carbonyl (C=O) groups is 3. The predicted octanol–water partition coefficient (Wildman–Crippen LogP) is 1.11. The van der Waals surface area contributed by atoms with Crippen molar-refractivity contribution in [2.45, 2.75) is 36.7 Å². The molecule has 2 aromatic carbocycles. The molecule has 2 atom stereocenters. The van der Waals surface area contributed by atoms with Gasteiger partial charge < -0.3 is 20.7 Å². The molecule has 0 spiro atoms. The van der Waals surface area contributed by atoms with Crippen molar-refractivity contribution in [3.8, 4) is 0 Å². The summed E-state index contributed by atoms with van der Waals surface area (Å²) in [5, 5.41) is 4.60. The van der Waals surface area contributed by atoms with Gasteiger partial charge >= 0.3 is 0 Å². The number of benzene rings is 2. The highest BCUT2D eigenvalue weighted by atomic mass is 35.5. The van der Waals surface area contributed by atoms with Crippen LogP contribution in [0.4, 0.5) is 0 Å². The van der Waals surface area contributed by atoms with Crippen LogP contribution in [0.2, 0.25) is 5.02 Å². The first-order chi connectivity index (χ1) is 16.6. The number of nitrogens with two attached hydrogens (primary N) is 1. The van der Waals surface area contributed by atoms with Crippen LogP contribution in [0.3, 0.4) is 0 Å². The van der Waals surface area contributed by atoms with E-state index in [4.69, 9.17) is 22.1 Å². The van der Waals surface area contributed by atoms with Crippen molar-refractivity contribution in [2.24, 2.45) is 5.73 Å². The molecule has 3 rings (SSSR count). The Hall–Kier alpha value is -2.73. The molecular formula is C23H29ClN4O6S. The third-order valence-corrected chi connectivity index (χ3v) is 8.01. The molecule has 1 aliphatic rings. The maximum absolute atomic E-state index is 13.6. The van der Waals surface area contributed by atoms with Crippen LogP contribution in [0.5, 0.6) is 0 Å². The number of methoxy groups -OCH3 is 1. The van der Waals surface area contributed by atoms with E-state index >= 15 is 0 Å². The van der Waals surface area contributed by atoms with Gasteiger partial charge in [-0.3, -0.25) is 14.4 Å². The number of hydrogen-bond donors (Lipinski definition) is 2. The van der Waals surface area contributed by atoms with Gasteiger partial charge in [-0.05, 0) is 47.9 Å². The predicted molar refractivity (Wildman–Crippen MR) is 131 cm³/mol. The lowest BCUT2D eigenvalue weighted by atomic mass is 10.1. The number of nitrogens with zero attached hydrogens (tertiary/aromatic N) is 2. The van der Waals surface area contributed by atoms with Gasteiger partial charge in [0.25, 0.3) is 0 Å². The van der Waals surface area contributed by atoms with Gasteiger partial charge in [-0.15, -0.1) is 0 Å². The maximum Gasteiger partial charge on any atom is 0.244 e. The van der Waals surface area contributed by atoms with Crippen molar-refractivity contribution in [3.05, 3.63) is 41.4 Å². The molecule has 3 N–H and O–H groups in total. The molecule has 1 fully saturated rings. The van der Waals surface area contributed by atoms with Crippen LogP contribution >= 0.6 is 11.6 Å². The molecule has 1 heterocycles. The van der Waals surface area contributed by atoms with Gasteiger partial charge in [-0.25, -0.2) is 8.42 Å². The Bertz CT molecular complexity index is 1220. The number of nitrogens with one attached hydrogen (secondary N) is 1. The number of primary amides is 1. The topological polar surface area (TPSA) is 139 Å². The molecule has 1 saturated heterocycles. The fourth-order valence-electron chi connectivity index (χ4n) is 4.21. The number of halogens is 1. The van der Waals surface area contributed by atoms with Gasteiger partial charge in [-0.1, -0.05) is 30.7 Å². The molecule has 3 amide bonds. The van der Waals surface area contributed by atoms with E-state index in [0.717, 1.165) is 9.69 Å². The van der Waals surface area contributed by atoms with E-state index in [1.165, 1.54) is 24.1 Å². The Morgan fingerprint density at radius 2 is 1.94 bits per heavy atom. The zero-order valence-corrected chi connectivity index (χ0v) is 21.1. The zero-order chi connectivity index (χ0) is 25.8. The van der Waals surface area contributed by atoms with E-state index < -0.39 is 40.5 Å². The van der Waals surface area contributed by atoms with E-state index in [1.54, 1.807) is 31.2 Å². The maximum atomic E-state index is 13.6. The summed E-state index contributed by atoms with van der Waals surface area (Å²) < 4.78 is 33.0. The minimum absolute atomic E-state index is 0.0795. The SMILES string of the molecule is CCC(C(=O)NCCOC)N1CCC(N(CC(N)=O)S(=O)(=O)c2ccc3cc(Cl)ccc3c2)C1=O. The van der Waals surface area contributed by atoms with Gasteiger partial charge in [0.1, 0.15) is 12.1 Å². The van der Waals surface area contributed by atoms with Crippen molar-refractivity contribution in [2.75, 3.05) is 33.4 Å². The molecule has 0 aliphatic carbocycles. The van der Waals surface area contributed by atoms with E-state index in [2.05, 4.69) is 5.32 Å². The summed E-state index contributed by atoms with van der Waals surface area (Å²) in [6.45, 7) is 1.87. The summed E-state index contributed by atoms with van der Waals surface area (Å²) in [4.78, 5) is 39.1. The molecule has 0 aromatic heterocycles. The van der Waals surface area contributed by atoms with Crippen molar-refractivity contribution in [3.63, 3.8) is 0 Å². The number of sulfonamides is 1. The van der Waals surface area contributed by atoms with Gasteiger partial charge in [0.2, 0.25) is 27.7 Å². The number of ether oxygens (including phenoxy) is 1. The summed E-state index contributed by atoms with van der Waals surface area (Å²) in [5.41, 5.74) is 5.36. The molecular weight excluding hydrogens is 496 g/mol. The highest BCUT2D eigenvalue weighted by Gasteiger charge is 2.45. The minimum atomic E-state index is -4.27. The van der Waals surface area contributed by atoms with Crippen molar-refractivity contribution in [1.29, 1.82) is 0 Å². The number of fused-ring (bicyclic) bond motifs is 1. The Morgan fingerprint density at radius 1 is 1.26 bits per heavy atom. The summed E-state index contributed by atoms with van der Waals surface area (Å²) in [6.07, 6.45) is 0.462. The lowest BCUT2D eigenvalue weighted by Crippen LogP contribution is -2.52. The molecule has 190 valence electrons. The largest absolute Gasteiger partial charge is 0.383 e. The lowest BCUT2D eigenvalue weighted by Gasteiger charge is -2.29. The van der Waals surface area contributed by atoms with Gasteiger partial charge in [0, 0.05) is 25.2 Å². The smallest absolute Gasteiger partial charge is 0.244 e. The molecule has 2 aromatic rings. The number of likely N-dealkylation sites (tertiary alicyclic amines) is 1. The average Bonchev–Trinajstić information content (AvgIpc) is 3.18. The second-order valence-electron chi connectivity index (χ2n) is 8.21. The Morgan fingerprint density at radius 3 is 2.60 bits per heavy atom. The molecule has 0 radical (unpaired) electrons. The molecule has 2 unspecified atom stereocenters. The first-order valence-electron chi connectivity index (χ1n) is 11.2. The Kier molecular flexibility index (Phi) is 8.70. The molecule has 1 aliphatic heterocycles. The van der Waals surface area contributed by atoms with Crippen LogP contribution in [0.15, 0.2) is 41.3 Å². The second kappa shape index (κ2) is 11.3. The van der Waals surface area contributed by atoms with Crippen LogP contribution in [-0.2, 0) is 29.1 Å². The Balaban J connectivity index is 1.90. The van der Waals surface area contributed by atoms with Crippen LogP contribution in [0, 0.1) is 0 Å². The van der Waals surface area contributed by atoms with E-state index in [1.807, 2.05) is 0 Å². The zero-order valence-electron chi connectivity index (χ0n) is 19.6. The molecule has 35 heavy (non-hydrogen) atoms. The Labute approximate surface area is 209 Å². The molecule has 0 bridgehead atoms. The number of amides is 3. The van der Waals surface area contributed by atoms with Crippen molar-refractivity contribution < 1.29 is 27.5 Å². The first kappa shape index (κ1) is 26.9. The number of hydrogen-bond acceptors (Lipinski definition) is 6. The van der Waals surface area contributed by atoms with E-state index in [0.29, 0.717) is 23.4 Å². The van der Waals surface area contributed by atoms with Gasteiger partial charge in [0.15, 0.2) is 0 Å². The normalized spacial score (nSPS) is 17.2. The fraction of sp³-hybridized carbons (Fsp3) is 0.435. The second-order valence-corrected chi connectivity index (χ2v) is 10.5. The van der Waals surface area contributed by atoms with Crippen LogP contribution < -0.4 is 11.1 Å². The summed E-state index contributed by atoms with van der Waals surface area (Å²) in [6, 6.07) is 7.57. The van der Waals surface area contributed by atoms with Gasteiger partial charge in [-0.2, -0.15) is 4.31 Å². The third-order valence-electron chi connectivity index (χ3n) is 5.92. The highest BCUT2D eigenvalue weighted by molar-refractivity contribution is 7.89. The molecule has 12 heteroatoms. The third kappa shape index (κ3) is 5.92. The number of carbonyl (C=O) groups excluding carboxylic acids is 3. The molecule has 10 nitrogen and oxygen atoms in total. The van der Waals surface area contributed by atoms with Crippen molar-refractivity contribution in [1.82, 2.24) is 14.5 Å². The minimum Gasteiger partial charge on any atom is -0.383 e. The lowest BCUT2D eigenvalue weighted by molar-refractivity contribution is -0.139. The highest BCUT2D eigenvalue weighted by Crippen LogP contribution is 2.29. The van der Waals surface area contributed by atoms with E-state index in [-0.39, 0.29) is 30.3 Å². The van der Waals surface area contributed by atoms with Crippen LogP contribution in [0.25, 0.3) is 10.8 Å². The quantitative estimate of drug-likeness (QED) is 0.422. The summed E-state index contributed by atoms with van der Waals surface area (Å²) in [7, 11) is -2.76. The van der Waals surface area contributed by atoms with Crippen LogP contribution in [-0.4, -0.2) is 80.8 Å². The summed E-state index contributed by atoms with van der Waals surface area (Å²) >= 11 is 6.01. The average molecular weight is 525 g/mol. The standard InChI is InChI=1S/C23H29ClN4O6S/c1-3-19(22(30)26-9-11-34-2)27-10-8-20(23(27)31)28(14-21(25)29)35(32,33)18-7-5-15-12-17(24)6-4-16(15)13-18/h4-7,12-13,19-20H,3,8-11,14H2,1-2H3,(H2,25,29)(H,26,30). The molecule has 0 saturated carbocycles. The first-order valence-corrected chi connectivity index (χ1v) is 13.0. The number of rotatable bonds is 11. The fourth-order valence-corrected chi connectivity index (χ4v) is 6.01.